The van der Waals surface area contributed by atoms with Gasteiger partial charge >= 0.3 is 0 Å². The van der Waals surface area contributed by atoms with Crippen molar-refractivity contribution in [3.63, 3.8) is 0 Å². The summed E-state index contributed by atoms with van der Waals surface area (Å²) in [4.78, 5) is 29.5. The smallest absolute Gasteiger partial charge is 0.270 e. The topological polar surface area (TPSA) is 95.9 Å². The summed E-state index contributed by atoms with van der Waals surface area (Å²) in [6.07, 6.45) is 4.67. The number of non-ortho nitro benzene ring substituents is 1. The molecule has 0 N–H and O–H groups in total. The first-order valence-corrected chi connectivity index (χ1v) is 11.6. The molecule has 9 heteroatoms. The van der Waals surface area contributed by atoms with E-state index in [1.165, 1.54) is 18.2 Å². The van der Waals surface area contributed by atoms with Gasteiger partial charge in [0.1, 0.15) is 11.5 Å². The van der Waals surface area contributed by atoms with Crippen LogP contribution in [0.25, 0.3) is 38.8 Å². The second-order valence-corrected chi connectivity index (χ2v) is 8.91. The molecule has 0 saturated heterocycles. The summed E-state index contributed by atoms with van der Waals surface area (Å²) in [5.74, 6) is 0.593. The number of hydrogen-bond acceptors (Lipinski definition) is 6. The van der Waals surface area contributed by atoms with E-state index in [9.17, 15) is 14.9 Å². The molecular formula is C25H17N5O3S. The molecule has 4 heterocycles. The third-order valence-electron chi connectivity index (χ3n) is 5.89. The van der Waals surface area contributed by atoms with E-state index in [-0.39, 0.29) is 16.6 Å². The first-order chi connectivity index (χ1) is 16.6. The van der Waals surface area contributed by atoms with E-state index in [0.29, 0.717) is 24.3 Å². The highest BCUT2D eigenvalue weighted by Crippen LogP contribution is 2.33. The Morgan fingerprint density at radius 3 is 2.71 bits per heavy atom. The third-order valence-corrected chi connectivity index (χ3v) is 6.76. The van der Waals surface area contributed by atoms with Gasteiger partial charge in [-0.25, -0.2) is 9.67 Å². The molecule has 6 rings (SSSR count). The van der Waals surface area contributed by atoms with Crippen LogP contribution in [0, 0.1) is 10.1 Å². The number of rotatable bonds is 4. The molecule has 0 fully saturated rings. The minimum atomic E-state index is -0.501. The monoisotopic (exact) mass is 467 g/mol. The Bertz CT molecular complexity index is 1650. The van der Waals surface area contributed by atoms with Crippen molar-refractivity contribution >= 4 is 39.6 Å². The van der Waals surface area contributed by atoms with E-state index in [2.05, 4.69) is 0 Å². The molecule has 1 aliphatic rings. The Hall–Kier alpha value is -4.37. The molecule has 2 aromatic carbocycles. The lowest BCUT2D eigenvalue weighted by Gasteiger charge is -2.05. The summed E-state index contributed by atoms with van der Waals surface area (Å²) < 4.78 is 3.46. The summed E-state index contributed by atoms with van der Waals surface area (Å²) in [5.41, 5.74) is 3.77. The van der Waals surface area contributed by atoms with Crippen LogP contribution in [-0.4, -0.2) is 24.3 Å². The highest BCUT2D eigenvalue weighted by Gasteiger charge is 2.23. The predicted octanol–water partition coefficient (Wildman–Crippen LogP) is 5.16. The first kappa shape index (κ1) is 20.3. The summed E-state index contributed by atoms with van der Waals surface area (Å²) in [7, 11) is 0. The van der Waals surface area contributed by atoms with Crippen LogP contribution in [0.15, 0.2) is 77.0 Å². The van der Waals surface area contributed by atoms with Gasteiger partial charge in [-0.05, 0) is 47.7 Å². The lowest BCUT2D eigenvalue weighted by atomic mass is 10.1. The van der Waals surface area contributed by atoms with Gasteiger partial charge in [0.05, 0.1) is 26.4 Å². The molecule has 3 aromatic heterocycles. The third kappa shape index (κ3) is 3.34. The summed E-state index contributed by atoms with van der Waals surface area (Å²) in [6.45, 7) is 0.479. The van der Waals surface area contributed by atoms with Crippen LogP contribution in [0.3, 0.4) is 0 Å². The van der Waals surface area contributed by atoms with Crippen molar-refractivity contribution in [3.8, 4) is 16.3 Å². The van der Waals surface area contributed by atoms with E-state index >= 15 is 0 Å². The fraction of sp³-hybridized carbons (Fsp3) is 0.0800. The summed E-state index contributed by atoms with van der Waals surface area (Å²) in [6, 6.07) is 18.2. The molecular weight excluding hydrogens is 450 g/mol. The van der Waals surface area contributed by atoms with Gasteiger partial charge in [-0.1, -0.05) is 24.3 Å². The summed E-state index contributed by atoms with van der Waals surface area (Å²) >= 11 is 1.62. The zero-order valence-electron chi connectivity index (χ0n) is 17.8. The standard InChI is InChI=1S/C25H17N5O3S/c31-25-20-14-19(30(32)33)8-9-21(20)26-24-16(10-11-28(24)25)13-17-15-29(18-5-2-1-3-6-18)27-23(17)22-7-4-12-34-22/h1-9,12-15H,10-11H2/b16-13+. The van der Waals surface area contributed by atoms with Crippen molar-refractivity contribution in [3.05, 3.63) is 104 Å². The molecule has 0 bridgehead atoms. The summed E-state index contributed by atoms with van der Waals surface area (Å²) in [5, 5.41) is 18.3. The SMILES string of the molecule is O=c1c2cc([N+](=O)[O-])ccc2nc2n1CC/C2=C\c1cn(-c2ccccc2)nc1-c1cccs1. The number of para-hydroxylation sites is 1. The first-order valence-electron chi connectivity index (χ1n) is 10.7. The van der Waals surface area contributed by atoms with Crippen molar-refractivity contribution < 1.29 is 4.92 Å². The Morgan fingerprint density at radius 1 is 1.09 bits per heavy atom. The van der Waals surface area contributed by atoms with E-state index in [0.717, 1.165) is 27.4 Å². The van der Waals surface area contributed by atoms with Crippen molar-refractivity contribution in [2.75, 3.05) is 0 Å². The molecule has 166 valence electrons. The van der Waals surface area contributed by atoms with Gasteiger partial charge in [0.25, 0.3) is 11.2 Å². The normalized spacial score (nSPS) is 14.1. The predicted molar refractivity (Wildman–Crippen MR) is 132 cm³/mol. The molecule has 0 spiro atoms. The minimum Gasteiger partial charge on any atom is -0.292 e. The lowest BCUT2D eigenvalue weighted by molar-refractivity contribution is -0.384. The molecule has 0 amide bonds. The second kappa shape index (κ2) is 7.89. The Kier molecular flexibility index (Phi) is 4.70. The number of hydrogen-bond donors (Lipinski definition) is 0. The Labute approximate surface area is 197 Å². The molecule has 0 unspecified atom stereocenters. The van der Waals surface area contributed by atoms with Gasteiger partial charge in [0.2, 0.25) is 0 Å². The fourth-order valence-electron chi connectivity index (χ4n) is 4.25. The van der Waals surface area contributed by atoms with Crippen LogP contribution < -0.4 is 5.56 Å². The molecule has 0 aliphatic carbocycles. The maximum atomic E-state index is 13.1. The number of nitro benzene ring substituents is 1. The van der Waals surface area contributed by atoms with Gasteiger partial charge in [-0.3, -0.25) is 19.5 Å². The Balaban J connectivity index is 1.50. The van der Waals surface area contributed by atoms with Crippen LogP contribution in [0.5, 0.6) is 0 Å². The number of allylic oxidation sites excluding steroid dienone is 1. The maximum absolute atomic E-state index is 13.1. The van der Waals surface area contributed by atoms with Gasteiger partial charge in [-0.15, -0.1) is 11.3 Å². The fourth-order valence-corrected chi connectivity index (χ4v) is 4.99. The molecule has 5 aromatic rings. The largest absolute Gasteiger partial charge is 0.292 e. The van der Waals surface area contributed by atoms with E-state index in [1.54, 1.807) is 15.9 Å². The second-order valence-electron chi connectivity index (χ2n) is 7.96. The van der Waals surface area contributed by atoms with Crippen molar-refractivity contribution in [1.82, 2.24) is 19.3 Å². The molecule has 0 radical (unpaired) electrons. The quantitative estimate of drug-likeness (QED) is 0.269. The number of nitrogens with zero attached hydrogens (tertiary/aromatic N) is 5. The van der Waals surface area contributed by atoms with E-state index in [1.807, 2.05) is 64.8 Å². The minimum absolute atomic E-state index is 0.116. The maximum Gasteiger partial charge on any atom is 0.270 e. The molecule has 8 nitrogen and oxygen atoms in total. The number of nitro groups is 1. The van der Waals surface area contributed by atoms with Gasteiger partial charge in [0, 0.05) is 30.4 Å². The highest BCUT2D eigenvalue weighted by molar-refractivity contribution is 7.13. The average Bonchev–Trinajstić information content (AvgIpc) is 3.60. The average molecular weight is 468 g/mol. The lowest BCUT2D eigenvalue weighted by Crippen LogP contribution is -2.20. The Morgan fingerprint density at radius 2 is 1.94 bits per heavy atom. The van der Waals surface area contributed by atoms with Crippen molar-refractivity contribution in [2.24, 2.45) is 0 Å². The number of fused-ring (bicyclic) bond motifs is 2. The molecule has 0 atom stereocenters. The number of thiophene rings is 1. The molecule has 0 saturated carbocycles. The molecule has 1 aliphatic heterocycles. The number of aromatic nitrogens is 4. The van der Waals surface area contributed by atoms with Gasteiger partial charge in [0.15, 0.2) is 0 Å². The molecule has 34 heavy (non-hydrogen) atoms. The zero-order valence-corrected chi connectivity index (χ0v) is 18.6. The van der Waals surface area contributed by atoms with Gasteiger partial charge in [-0.2, -0.15) is 5.10 Å². The van der Waals surface area contributed by atoms with Crippen LogP contribution in [-0.2, 0) is 6.54 Å². The number of benzene rings is 2. The highest BCUT2D eigenvalue weighted by atomic mass is 32.1. The van der Waals surface area contributed by atoms with Crippen LogP contribution in [0.1, 0.15) is 17.8 Å². The van der Waals surface area contributed by atoms with Crippen LogP contribution in [0.4, 0.5) is 5.69 Å². The zero-order chi connectivity index (χ0) is 23.2. The van der Waals surface area contributed by atoms with Crippen LogP contribution >= 0.6 is 11.3 Å². The van der Waals surface area contributed by atoms with Crippen molar-refractivity contribution in [1.29, 1.82) is 0 Å². The van der Waals surface area contributed by atoms with Crippen molar-refractivity contribution in [2.45, 2.75) is 13.0 Å². The van der Waals surface area contributed by atoms with Gasteiger partial charge < -0.3 is 0 Å². The van der Waals surface area contributed by atoms with Crippen LogP contribution in [0.2, 0.25) is 0 Å². The van der Waals surface area contributed by atoms with E-state index in [4.69, 9.17) is 10.1 Å². The van der Waals surface area contributed by atoms with E-state index < -0.39 is 4.92 Å².